The molecule has 0 spiro atoms. The molecule has 0 saturated heterocycles. The van der Waals surface area contributed by atoms with E-state index in [9.17, 15) is 13.2 Å². The third-order valence-electron chi connectivity index (χ3n) is 2.04. The SMILES string of the molecule is CC[C@@H](NN)c1c(F)ccc(F)c1F. The normalized spacial score (nSPS) is 12.9. The van der Waals surface area contributed by atoms with Gasteiger partial charge in [-0.25, -0.2) is 13.2 Å². The van der Waals surface area contributed by atoms with Crippen LogP contribution in [0.3, 0.4) is 0 Å². The Labute approximate surface area is 79.9 Å². The molecule has 0 saturated carbocycles. The van der Waals surface area contributed by atoms with Crippen molar-refractivity contribution in [3.8, 4) is 0 Å². The quantitative estimate of drug-likeness (QED) is 0.449. The Balaban J connectivity index is 3.23. The number of hydrogen-bond donors (Lipinski definition) is 2. The van der Waals surface area contributed by atoms with E-state index in [0.29, 0.717) is 6.42 Å². The summed E-state index contributed by atoms with van der Waals surface area (Å²) in [6.45, 7) is 1.69. The van der Waals surface area contributed by atoms with Crippen molar-refractivity contribution in [1.29, 1.82) is 0 Å². The number of hydrogen-bond acceptors (Lipinski definition) is 2. The molecule has 1 aromatic rings. The molecule has 0 fully saturated rings. The predicted molar refractivity (Wildman–Crippen MR) is 46.7 cm³/mol. The minimum Gasteiger partial charge on any atom is -0.271 e. The van der Waals surface area contributed by atoms with Gasteiger partial charge >= 0.3 is 0 Å². The minimum absolute atomic E-state index is 0.352. The van der Waals surface area contributed by atoms with Crippen LogP contribution < -0.4 is 11.3 Å². The van der Waals surface area contributed by atoms with Gasteiger partial charge in [-0.15, -0.1) is 0 Å². The molecule has 0 aliphatic rings. The Bertz CT molecular complexity index is 324. The van der Waals surface area contributed by atoms with E-state index in [1.165, 1.54) is 0 Å². The van der Waals surface area contributed by atoms with Gasteiger partial charge in [0.2, 0.25) is 0 Å². The van der Waals surface area contributed by atoms with Crippen LogP contribution in [-0.4, -0.2) is 0 Å². The van der Waals surface area contributed by atoms with Crippen molar-refractivity contribution in [2.24, 2.45) is 5.84 Å². The van der Waals surface area contributed by atoms with E-state index in [0.717, 1.165) is 12.1 Å². The lowest BCUT2D eigenvalue weighted by Crippen LogP contribution is -2.29. The molecule has 0 radical (unpaired) electrons. The molecule has 0 unspecified atom stereocenters. The predicted octanol–water partition coefficient (Wildman–Crippen LogP) is 2.02. The van der Waals surface area contributed by atoms with Crippen molar-refractivity contribution in [1.82, 2.24) is 5.43 Å². The van der Waals surface area contributed by atoms with Gasteiger partial charge in [-0.1, -0.05) is 6.92 Å². The van der Waals surface area contributed by atoms with Crippen LogP contribution in [0.2, 0.25) is 0 Å². The molecule has 0 aliphatic carbocycles. The molecular weight excluding hydrogens is 193 g/mol. The molecule has 1 aromatic carbocycles. The fraction of sp³-hybridized carbons (Fsp3) is 0.333. The summed E-state index contributed by atoms with van der Waals surface area (Å²) in [6.07, 6.45) is 0.369. The fourth-order valence-corrected chi connectivity index (χ4v) is 1.27. The smallest absolute Gasteiger partial charge is 0.166 e. The van der Waals surface area contributed by atoms with Crippen LogP contribution in [0, 0.1) is 17.5 Å². The highest BCUT2D eigenvalue weighted by atomic mass is 19.2. The lowest BCUT2D eigenvalue weighted by molar-refractivity contribution is 0.434. The number of halogens is 3. The highest BCUT2D eigenvalue weighted by molar-refractivity contribution is 5.24. The topological polar surface area (TPSA) is 38.0 Å². The Hall–Kier alpha value is -1.07. The molecule has 3 N–H and O–H groups in total. The first-order chi connectivity index (χ1) is 6.61. The minimum atomic E-state index is -1.19. The van der Waals surface area contributed by atoms with Gasteiger partial charge in [-0.3, -0.25) is 11.3 Å². The van der Waals surface area contributed by atoms with Crippen molar-refractivity contribution < 1.29 is 13.2 Å². The second-order valence-electron chi connectivity index (χ2n) is 2.88. The Morgan fingerprint density at radius 2 is 1.86 bits per heavy atom. The number of benzene rings is 1. The summed E-state index contributed by atoms with van der Waals surface area (Å²) in [6, 6.07) is 0.913. The largest absolute Gasteiger partial charge is 0.271 e. The molecule has 0 aromatic heterocycles. The van der Waals surface area contributed by atoms with Crippen molar-refractivity contribution >= 4 is 0 Å². The van der Waals surface area contributed by atoms with Crippen molar-refractivity contribution in [3.63, 3.8) is 0 Å². The average molecular weight is 204 g/mol. The highest BCUT2D eigenvalue weighted by Gasteiger charge is 2.20. The number of hydrazine groups is 1. The van der Waals surface area contributed by atoms with Crippen molar-refractivity contribution in [3.05, 3.63) is 35.1 Å². The van der Waals surface area contributed by atoms with Crippen LogP contribution >= 0.6 is 0 Å². The average Bonchev–Trinajstić information content (AvgIpc) is 2.19. The second-order valence-corrected chi connectivity index (χ2v) is 2.88. The van der Waals surface area contributed by atoms with Crippen LogP contribution in [0.25, 0.3) is 0 Å². The standard InChI is InChI=1S/C9H11F3N2/c1-2-7(14-13)8-5(10)3-4-6(11)9(8)12/h3-4,7,14H,2,13H2,1H3/t7-/m1/s1. The number of nitrogens with one attached hydrogen (secondary N) is 1. The lowest BCUT2D eigenvalue weighted by Gasteiger charge is -2.15. The summed E-state index contributed by atoms with van der Waals surface area (Å²) in [5, 5.41) is 0. The summed E-state index contributed by atoms with van der Waals surface area (Å²) < 4.78 is 39.1. The maximum Gasteiger partial charge on any atom is 0.166 e. The van der Waals surface area contributed by atoms with E-state index in [2.05, 4.69) is 5.43 Å². The Morgan fingerprint density at radius 1 is 1.29 bits per heavy atom. The monoisotopic (exact) mass is 204 g/mol. The Kier molecular flexibility index (Phi) is 3.49. The molecule has 0 amide bonds. The lowest BCUT2D eigenvalue weighted by atomic mass is 10.0. The molecule has 0 heterocycles. The zero-order valence-corrected chi connectivity index (χ0v) is 7.65. The molecule has 1 atom stereocenters. The maximum absolute atomic E-state index is 13.2. The summed E-state index contributed by atoms with van der Waals surface area (Å²) >= 11 is 0. The van der Waals surface area contributed by atoms with E-state index in [1.54, 1.807) is 6.92 Å². The maximum atomic E-state index is 13.2. The molecule has 0 aliphatic heterocycles. The van der Waals surface area contributed by atoms with Crippen LogP contribution in [0.5, 0.6) is 0 Å². The van der Waals surface area contributed by atoms with Crippen molar-refractivity contribution in [2.75, 3.05) is 0 Å². The summed E-state index contributed by atoms with van der Waals surface area (Å²) in [5.74, 6) is 2.04. The zero-order valence-electron chi connectivity index (χ0n) is 7.65. The van der Waals surface area contributed by atoms with E-state index in [4.69, 9.17) is 5.84 Å². The molecular formula is C9H11F3N2. The van der Waals surface area contributed by atoms with E-state index in [-0.39, 0.29) is 5.56 Å². The second kappa shape index (κ2) is 4.43. The molecule has 1 rings (SSSR count). The van der Waals surface area contributed by atoms with Gasteiger partial charge in [0, 0.05) is 5.56 Å². The van der Waals surface area contributed by atoms with Crippen LogP contribution in [0.15, 0.2) is 12.1 Å². The summed E-state index contributed by atoms with van der Waals surface area (Å²) in [5.41, 5.74) is 1.88. The first kappa shape index (κ1) is 11.0. The fourth-order valence-electron chi connectivity index (χ4n) is 1.27. The van der Waals surface area contributed by atoms with Gasteiger partial charge in [0.25, 0.3) is 0 Å². The number of rotatable bonds is 3. The first-order valence-electron chi connectivity index (χ1n) is 4.21. The summed E-state index contributed by atoms with van der Waals surface area (Å²) in [4.78, 5) is 0. The highest BCUT2D eigenvalue weighted by Crippen LogP contribution is 2.24. The van der Waals surface area contributed by atoms with E-state index >= 15 is 0 Å². The van der Waals surface area contributed by atoms with Crippen LogP contribution in [0.1, 0.15) is 24.9 Å². The molecule has 5 heteroatoms. The van der Waals surface area contributed by atoms with Crippen LogP contribution in [-0.2, 0) is 0 Å². The van der Waals surface area contributed by atoms with Gasteiger partial charge < -0.3 is 0 Å². The van der Waals surface area contributed by atoms with Gasteiger partial charge in [-0.05, 0) is 18.6 Å². The summed E-state index contributed by atoms with van der Waals surface area (Å²) in [7, 11) is 0. The van der Waals surface area contributed by atoms with Crippen LogP contribution in [0.4, 0.5) is 13.2 Å². The van der Waals surface area contributed by atoms with Gasteiger partial charge in [0.1, 0.15) is 5.82 Å². The first-order valence-corrected chi connectivity index (χ1v) is 4.21. The number of nitrogens with two attached hydrogens (primary N) is 1. The third kappa shape index (κ3) is 1.88. The zero-order chi connectivity index (χ0) is 10.7. The van der Waals surface area contributed by atoms with Crippen molar-refractivity contribution in [2.45, 2.75) is 19.4 Å². The molecule has 0 bridgehead atoms. The molecule has 78 valence electrons. The van der Waals surface area contributed by atoms with Gasteiger partial charge in [0.05, 0.1) is 6.04 Å². The third-order valence-corrected chi connectivity index (χ3v) is 2.04. The molecule has 2 nitrogen and oxygen atoms in total. The van der Waals surface area contributed by atoms with E-state index in [1.807, 2.05) is 0 Å². The van der Waals surface area contributed by atoms with Gasteiger partial charge in [-0.2, -0.15) is 0 Å². The van der Waals surface area contributed by atoms with Gasteiger partial charge in [0.15, 0.2) is 11.6 Å². The Morgan fingerprint density at radius 3 is 2.36 bits per heavy atom. The van der Waals surface area contributed by atoms with E-state index < -0.39 is 23.5 Å². The molecule has 14 heavy (non-hydrogen) atoms.